The Morgan fingerprint density at radius 2 is 2.21 bits per heavy atom. The molecule has 0 saturated heterocycles. The Morgan fingerprint density at radius 1 is 1.50 bits per heavy atom. The molecule has 0 spiro atoms. The third kappa shape index (κ3) is 4.94. The number of hydrogen-bond acceptors (Lipinski definition) is 6. The van der Waals surface area contributed by atoms with Gasteiger partial charge >= 0.3 is 6.03 Å². The van der Waals surface area contributed by atoms with Crippen molar-refractivity contribution in [2.75, 3.05) is 18.4 Å². The largest absolute Gasteiger partial charge is 0.445 e. The molecule has 8 heteroatoms. The number of aromatic nitrogens is 1. The topological polar surface area (TPSA) is 98.5 Å². The molecule has 24 heavy (non-hydrogen) atoms. The molecule has 2 N–H and O–H groups in total. The van der Waals surface area contributed by atoms with Crippen molar-refractivity contribution >= 4 is 22.5 Å². The van der Waals surface area contributed by atoms with E-state index in [1.807, 2.05) is 13.0 Å². The number of nitriles is 1. The quantitative estimate of drug-likeness (QED) is 0.837. The first-order valence-corrected chi connectivity index (χ1v) is 8.21. The van der Waals surface area contributed by atoms with Crippen LogP contribution < -0.4 is 10.1 Å². The smallest absolute Gasteiger partial charge is 0.323 e. The molecule has 7 nitrogen and oxygen atoms in total. The summed E-state index contributed by atoms with van der Waals surface area (Å²) in [4.78, 5) is 17.7. The predicted octanol–water partition coefficient (Wildman–Crippen LogP) is 3.04. The van der Waals surface area contributed by atoms with E-state index in [0.29, 0.717) is 28.1 Å². The van der Waals surface area contributed by atoms with Crippen LogP contribution in [-0.4, -0.2) is 40.2 Å². The van der Waals surface area contributed by atoms with Gasteiger partial charge in [-0.1, -0.05) is 11.3 Å². The van der Waals surface area contributed by atoms with E-state index in [4.69, 9.17) is 10.00 Å². The van der Waals surface area contributed by atoms with Crippen LogP contribution in [0.5, 0.6) is 10.8 Å². The van der Waals surface area contributed by atoms with E-state index >= 15 is 0 Å². The van der Waals surface area contributed by atoms with Gasteiger partial charge in [0.05, 0.1) is 23.9 Å². The Morgan fingerprint density at radius 3 is 2.79 bits per heavy atom. The lowest BCUT2D eigenvalue weighted by Gasteiger charge is -2.21. The van der Waals surface area contributed by atoms with Crippen LogP contribution in [0, 0.1) is 11.3 Å². The number of nitrogens with zero attached hydrogens (tertiary/aromatic N) is 3. The molecule has 0 fully saturated rings. The molecule has 0 bridgehead atoms. The Balaban J connectivity index is 1.97. The van der Waals surface area contributed by atoms with Gasteiger partial charge in [0.25, 0.3) is 0 Å². The van der Waals surface area contributed by atoms with Crippen LogP contribution in [0.2, 0.25) is 0 Å². The van der Waals surface area contributed by atoms with Crippen LogP contribution in [0.4, 0.5) is 9.93 Å². The highest BCUT2D eigenvalue weighted by atomic mass is 32.1. The monoisotopic (exact) mass is 346 g/mol. The van der Waals surface area contributed by atoms with Gasteiger partial charge in [-0.25, -0.2) is 9.78 Å². The van der Waals surface area contributed by atoms with Crippen LogP contribution in [0.15, 0.2) is 30.5 Å². The summed E-state index contributed by atoms with van der Waals surface area (Å²) < 4.78 is 5.63. The summed E-state index contributed by atoms with van der Waals surface area (Å²) in [6, 6.07) is 8.42. The van der Waals surface area contributed by atoms with E-state index in [1.165, 1.54) is 22.4 Å². The van der Waals surface area contributed by atoms with Gasteiger partial charge < -0.3 is 14.7 Å². The van der Waals surface area contributed by atoms with E-state index in [9.17, 15) is 9.90 Å². The molecular weight excluding hydrogens is 328 g/mol. The van der Waals surface area contributed by atoms with E-state index in [0.717, 1.165) is 0 Å². The molecule has 0 aliphatic heterocycles. The number of thiazole rings is 1. The summed E-state index contributed by atoms with van der Waals surface area (Å²) in [5.74, 6) is 0.583. The van der Waals surface area contributed by atoms with Gasteiger partial charge in [-0.2, -0.15) is 5.26 Å². The van der Waals surface area contributed by atoms with Crippen molar-refractivity contribution in [2.24, 2.45) is 0 Å². The van der Waals surface area contributed by atoms with Crippen molar-refractivity contribution in [1.82, 2.24) is 9.88 Å². The van der Waals surface area contributed by atoms with Gasteiger partial charge in [0.15, 0.2) is 5.13 Å². The van der Waals surface area contributed by atoms with Gasteiger partial charge in [0.2, 0.25) is 5.06 Å². The number of urea groups is 1. The fourth-order valence-corrected chi connectivity index (χ4v) is 2.60. The zero-order valence-electron chi connectivity index (χ0n) is 13.4. The fourth-order valence-electron chi connectivity index (χ4n) is 1.92. The summed E-state index contributed by atoms with van der Waals surface area (Å²) in [5, 5.41) is 21.8. The Hall–Kier alpha value is -2.63. The number of anilines is 1. The normalized spacial score (nSPS) is 11.4. The third-order valence-electron chi connectivity index (χ3n) is 3.05. The second kappa shape index (κ2) is 8.29. The maximum atomic E-state index is 12.1. The highest BCUT2D eigenvalue weighted by molar-refractivity contribution is 7.17. The van der Waals surface area contributed by atoms with E-state index in [1.54, 1.807) is 31.2 Å². The van der Waals surface area contributed by atoms with Crippen molar-refractivity contribution in [3.05, 3.63) is 36.0 Å². The number of carbonyl (C=O) groups is 1. The molecule has 1 unspecified atom stereocenters. The first-order valence-electron chi connectivity index (χ1n) is 7.39. The van der Waals surface area contributed by atoms with Crippen LogP contribution in [0.3, 0.4) is 0 Å². The summed E-state index contributed by atoms with van der Waals surface area (Å²) in [5.41, 5.74) is 0.553. The Labute approximate surface area is 144 Å². The van der Waals surface area contributed by atoms with Crippen molar-refractivity contribution in [3.63, 3.8) is 0 Å². The van der Waals surface area contributed by atoms with Gasteiger partial charge in [0.1, 0.15) is 5.75 Å². The van der Waals surface area contributed by atoms with Crippen LogP contribution in [-0.2, 0) is 0 Å². The van der Waals surface area contributed by atoms with Crippen molar-refractivity contribution in [3.8, 4) is 16.9 Å². The maximum absolute atomic E-state index is 12.1. The minimum absolute atomic E-state index is 0.252. The van der Waals surface area contributed by atoms with Crippen LogP contribution in [0.1, 0.15) is 19.4 Å². The lowest BCUT2D eigenvalue weighted by Crippen LogP contribution is -2.39. The average molecular weight is 346 g/mol. The molecule has 1 aromatic heterocycles. The standard InChI is InChI=1S/C16H18N4O3S/c1-3-20(10-11(2)21)16(22)19-15-18-9-14(24-15)23-13-6-4-12(8-17)5-7-13/h4-7,9,11,21H,3,10H2,1-2H3,(H,18,19,22). The number of ether oxygens (including phenoxy) is 1. The molecule has 126 valence electrons. The minimum Gasteiger partial charge on any atom is -0.445 e. The molecule has 0 aliphatic carbocycles. The van der Waals surface area contributed by atoms with Crippen molar-refractivity contribution < 1.29 is 14.6 Å². The summed E-state index contributed by atoms with van der Waals surface area (Å²) >= 11 is 1.19. The van der Waals surface area contributed by atoms with Crippen molar-refractivity contribution in [2.45, 2.75) is 20.0 Å². The zero-order valence-corrected chi connectivity index (χ0v) is 14.2. The predicted molar refractivity (Wildman–Crippen MR) is 91.3 cm³/mol. The van der Waals surface area contributed by atoms with Gasteiger partial charge in [-0.15, -0.1) is 0 Å². The first kappa shape index (κ1) is 17.7. The molecule has 2 rings (SSSR count). The maximum Gasteiger partial charge on any atom is 0.323 e. The van der Waals surface area contributed by atoms with Crippen LogP contribution >= 0.6 is 11.3 Å². The molecular formula is C16H18N4O3S. The minimum atomic E-state index is -0.595. The third-order valence-corrected chi connectivity index (χ3v) is 3.84. The SMILES string of the molecule is CCN(CC(C)O)C(=O)Nc1ncc(Oc2ccc(C#N)cc2)s1. The number of carbonyl (C=O) groups excluding carboxylic acids is 1. The van der Waals surface area contributed by atoms with Crippen molar-refractivity contribution in [1.29, 1.82) is 5.26 Å². The number of nitrogens with one attached hydrogen (secondary N) is 1. The van der Waals surface area contributed by atoms with Gasteiger partial charge in [-0.05, 0) is 38.1 Å². The number of hydrogen-bond donors (Lipinski definition) is 2. The number of benzene rings is 1. The number of amides is 2. The second-order valence-corrected chi connectivity index (χ2v) is 6.03. The Kier molecular flexibility index (Phi) is 6.12. The number of rotatable bonds is 6. The van der Waals surface area contributed by atoms with E-state index in [-0.39, 0.29) is 12.6 Å². The van der Waals surface area contributed by atoms with Gasteiger partial charge in [0, 0.05) is 13.1 Å². The number of aliphatic hydroxyl groups is 1. The highest BCUT2D eigenvalue weighted by Gasteiger charge is 2.15. The van der Waals surface area contributed by atoms with E-state index < -0.39 is 6.10 Å². The second-order valence-electron chi connectivity index (χ2n) is 5.04. The molecule has 1 atom stereocenters. The summed E-state index contributed by atoms with van der Waals surface area (Å²) in [7, 11) is 0. The molecule has 2 aromatic rings. The lowest BCUT2D eigenvalue weighted by molar-refractivity contribution is 0.141. The van der Waals surface area contributed by atoms with Gasteiger partial charge in [-0.3, -0.25) is 5.32 Å². The summed E-state index contributed by atoms with van der Waals surface area (Å²) in [6.07, 6.45) is 0.922. The average Bonchev–Trinajstić information content (AvgIpc) is 3.00. The number of likely N-dealkylation sites (N-methyl/N-ethyl adjacent to an activating group) is 1. The lowest BCUT2D eigenvalue weighted by atomic mass is 10.2. The van der Waals surface area contributed by atoms with Crippen LogP contribution in [0.25, 0.3) is 0 Å². The molecule has 0 saturated carbocycles. The molecule has 0 aliphatic rings. The molecule has 1 heterocycles. The molecule has 1 aromatic carbocycles. The fraction of sp³-hybridized carbons (Fsp3) is 0.312. The molecule has 0 radical (unpaired) electrons. The first-order chi connectivity index (χ1) is 11.5. The Bertz CT molecular complexity index is 722. The highest BCUT2D eigenvalue weighted by Crippen LogP contribution is 2.30. The molecule has 2 amide bonds. The zero-order chi connectivity index (χ0) is 17.5. The summed E-state index contributed by atoms with van der Waals surface area (Å²) in [6.45, 7) is 4.20. The van der Waals surface area contributed by atoms with E-state index in [2.05, 4.69) is 10.3 Å². The number of aliphatic hydroxyl groups excluding tert-OH is 1.